The van der Waals surface area contributed by atoms with Gasteiger partial charge in [0.2, 0.25) is 0 Å². The molecule has 0 unspecified atom stereocenters. The summed E-state index contributed by atoms with van der Waals surface area (Å²) in [7, 11) is 0. The molecule has 4 rings (SSSR count). The Morgan fingerprint density at radius 1 is 1.33 bits per heavy atom. The molecule has 0 bridgehead atoms. The fourth-order valence-corrected chi connectivity index (χ4v) is 4.48. The molecule has 0 radical (unpaired) electrons. The summed E-state index contributed by atoms with van der Waals surface area (Å²) in [5.41, 5.74) is 3.08. The van der Waals surface area contributed by atoms with Crippen molar-refractivity contribution in [2.45, 2.75) is 32.4 Å². The minimum atomic E-state index is 0.0102. The fourth-order valence-electron chi connectivity index (χ4n) is 3.47. The second kappa shape index (κ2) is 6.31. The lowest BCUT2D eigenvalue weighted by Crippen LogP contribution is -2.25. The van der Waals surface area contributed by atoms with E-state index in [9.17, 15) is 4.79 Å². The van der Waals surface area contributed by atoms with E-state index in [4.69, 9.17) is 11.6 Å². The molecule has 3 heterocycles. The van der Waals surface area contributed by atoms with Gasteiger partial charge in [0.1, 0.15) is 0 Å². The van der Waals surface area contributed by atoms with Gasteiger partial charge in [-0.2, -0.15) is 0 Å². The Balaban J connectivity index is 1.62. The van der Waals surface area contributed by atoms with Gasteiger partial charge in [0.25, 0.3) is 5.56 Å². The number of hydrogen-bond donors (Lipinski definition) is 0. The number of halogens is 1. The molecular weight excluding hydrogens is 342 g/mol. The summed E-state index contributed by atoms with van der Waals surface area (Å²) in [5, 5.41) is 2.73. The van der Waals surface area contributed by atoms with Crippen LogP contribution < -0.4 is 5.56 Å². The largest absolute Gasteiger partial charge is 0.291 e. The van der Waals surface area contributed by atoms with Crippen LogP contribution in [0, 0.1) is 6.92 Å². The minimum absolute atomic E-state index is 0.0102. The quantitative estimate of drug-likeness (QED) is 0.707. The first-order valence-corrected chi connectivity index (χ1v) is 9.34. The Labute approximate surface area is 149 Å². The number of fused-ring (bicyclic) bond motifs is 1. The van der Waals surface area contributed by atoms with E-state index in [1.165, 1.54) is 16.9 Å². The van der Waals surface area contributed by atoms with Crippen LogP contribution in [0.4, 0.5) is 0 Å². The van der Waals surface area contributed by atoms with Crippen LogP contribution in [-0.2, 0) is 6.54 Å². The summed E-state index contributed by atoms with van der Waals surface area (Å²) < 4.78 is 1.68. The van der Waals surface area contributed by atoms with E-state index in [1.54, 1.807) is 10.5 Å². The van der Waals surface area contributed by atoms with E-state index in [1.807, 2.05) is 24.4 Å². The third kappa shape index (κ3) is 2.88. The van der Waals surface area contributed by atoms with Gasteiger partial charge in [-0.25, -0.2) is 4.98 Å². The van der Waals surface area contributed by atoms with Gasteiger partial charge in [-0.3, -0.25) is 14.1 Å². The van der Waals surface area contributed by atoms with Gasteiger partial charge in [-0.15, -0.1) is 11.3 Å². The predicted molar refractivity (Wildman–Crippen MR) is 97.9 cm³/mol. The number of aryl methyl sites for hydroxylation is 1. The lowest BCUT2D eigenvalue weighted by atomic mass is 10.0. The van der Waals surface area contributed by atoms with Crippen LogP contribution in [0.5, 0.6) is 0 Å². The van der Waals surface area contributed by atoms with Gasteiger partial charge < -0.3 is 0 Å². The molecule has 1 aromatic carbocycles. The summed E-state index contributed by atoms with van der Waals surface area (Å²) in [5.74, 6) is 0. The zero-order valence-electron chi connectivity index (χ0n) is 13.4. The van der Waals surface area contributed by atoms with Crippen molar-refractivity contribution in [1.82, 2.24) is 14.3 Å². The van der Waals surface area contributed by atoms with Crippen molar-refractivity contribution in [3.63, 3.8) is 0 Å². The Hall–Kier alpha value is -1.69. The van der Waals surface area contributed by atoms with Gasteiger partial charge in [0.15, 0.2) is 4.96 Å². The number of rotatable bonds is 3. The molecule has 0 N–H and O–H groups in total. The number of nitrogens with zero attached hydrogens (tertiary/aromatic N) is 3. The molecular formula is C18H18ClN3OS. The molecule has 124 valence electrons. The van der Waals surface area contributed by atoms with Crippen LogP contribution in [0.1, 0.15) is 35.8 Å². The number of benzene rings is 1. The first-order chi connectivity index (χ1) is 11.6. The van der Waals surface area contributed by atoms with Gasteiger partial charge in [-0.1, -0.05) is 23.7 Å². The Kier molecular flexibility index (Phi) is 4.16. The molecule has 1 fully saturated rings. The molecule has 6 heteroatoms. The van der Waals surface area contributed by atoms with Gasteiger partial charge in [0, 0.05) is 34.7 Å². The van der Waals surface area contributed by atoms with Crippen molar-refractivity contribution in [2.75, 3.05) is 6.54 Å². The van der Waals surface area contributed by atoms with Crippen molar-refractivity contribution < 1.29 is 0 Å². The van der Waals surface area contributed by atoms with Gasteiger partial charge in [0.05, 0.1) is 5.69 Å². The zero-order chi connectivity index (χ0) is 16.7. The molecule has 1 aliphatic heterocycles. The number of likely N-dealkylation sites (tertiary alicyclic amines) is 1. The molecule has 1 aliphatic rings. The van der Waals surface area contributed by atoms with Crippen LogP contribution >= 0.6 is 22.9 Å². The van der Waals surface area contributed by atoms with E-state index in [0.29, 0.717) is 12.6 Å². The lowest BCUT2D eigenvalue weighted by molar-refractivity contribution is 0.245. The Morgan fingerprint density at radius 3 is 2.92 bits per heavy atom. The van der Waals surface area contributed by atoms with Gasteiger partial charge >= 0.3 is 0 Å². The van der Waals surface area contributed by atoms with E-state index in [0.717, 1.165) is 40.8 Å². The smallest absolute Gasteiger partial charge is 0.259 e. The fraction of sp³-hybridized carbons (Fsp3) is 0.333. The van der Waals surface area contributed by atoms with E-state index >= 15 is 0 Å². The van der Waals surface area contributed by atoms with Crippen LogP contribution in [0.25, 0.3) is 4.96 Å². The molecule has 4 nitrogen and oxygen atoms in total. The van der Waals surface area contributed by atoms with Crippen molar-refractivity contribution in [1.29, 1.82) is 0 Å². The number of thiazole rings is 1. The highest BCUT2D eigenvalue weighted by Gasteiger charge is 2.26. The second-order valence-electron chi connectivity index (χ2n) is 6.26. The SMILES string of the molecule is Cc1csc2nc(CN3CCC[C@H]3c3ccc(Cl)cc3)cc(=O)n12. The second-order valence-corrected chi connectivity index (χ2v) is 7.53. The summed E-state index contributed by atoms with van der Waals surface area (Å²) >= 11 is 7.52. The van der Waals surface area contributed by atoms with E-state index < -0.39 is 0 Å². The van der Waals surface area contributed by atoms with Gasteiger partial charge in [-0.05, 0) is 44.0 Å². The maximum absolute atomic E-state index is 12.3. The highest BCUT2D eigenvalue weighted by Crippen LogP contribution is 2.33. The highest BCUT2D eigenvalue weighted by atomic mass is 35.5. The zero-order valence-corrected chi connectivity index (χ0v) is 15.0. The summed E-state index contributed by atoms with van der Waals surface area (Å²) in [4.78, 5) is 20.2. The average molecular weight is 360 g/mol. The molecule has 0 amide bonds. The maximum Gasteiger partial charge on any atom is 0.259 e. The number of aromatic nitrogens is 2. The molecule has 3 aromatic rings. The molecule has 2 aromatic heterocycles. The summed E-state index contributed by atoms with van der Waals surface area (Å²) in [6.07, 6.45) is 2.29. The summed E-state index contributed by atoms with van der Waals surface area (Å²) in [6, 6.07) is 10.1. The monoisotopic (exact) mass is 359 g/mol. The van der Waals surface area contributed by atoms with Crippen LogP contribution in [0.15, 0.2) is 40.5 Å². The van der Waals surface area contributed by atoms with Crippen molar-refractivity contribution in [3.8, 4) is 0 Å². The van der Waals surface area contributed by atoms with Crippen LogP contribution in [0.2, 0.25) is 5.02 Å². The Bertz CT molecular complexity index is 932. The van der Waals surface area contributed by atoms with Crippen LogP contribution in [0.3, 0.4) is 0 Å². The molecule has 24 heavy (non-hydrogen) atoms. The predicted octanol–water partition coefficient (Wildman–Crippen LogP) is 4.05. The topological polar surface area (TPSA) is 37.6 Å². The molecule has 0 aliphatic carbocycles. The van der Waals surface area contributed by atoms with Crippen molar-refractivity contribution in [3.05, 3.63) is 68.0 Å². The molecule has 0 spiro atoms. The normalized spacial score (nSPS) is 18.5. The maximum atomic E-state index is 12.3. The van der Waals surface area contributed by atoms with E-state index in [2.05, 4.69) is 22.0 Å². The summed E-state index contributed by atoms with van der Waals surface area (Å²) in [6.45, 7) is 3.66. The first kappa shape index (κ1) is 15.8. The molecule has 1 atom stereocenters. The highest BCUT2D eigenvalue weighted by molar-refractivity contribution is 7.15. The lowest BCUT2D eigenvalue weighted by Gasteiger charge is -2.24. The molecule has 1 saturated heterocycles. The molecule has 0 saturated carbocycles. The third-order valence-electron chi connectivity index (χ3n) is 4.61. The number of hydrogen-bond acceptors (Lipinski definition) is 4. The van der Waals surface area contributed by atoms with Crippen LogP contribution in [-0.4, -0.2) is 20.8 Å². The third-order valence-corrected chi connectivity index (χ3v) is 5.81. The standard InChI is InChI=1S/C18H18ClN3OS/c1-12-11-24-18-20-15(9-17(23)22(12)18)10-21-8-2-3-16(21)13-4-6-14(19)7-5-13/h4-7,9,11,16H,2-3,8,10H2,1H3/t16-/m0/s1. The Morgan fingerprint density at radius 2 is 2.12 bits per heavy atom. The first-order valence-electron chi connectivity index (χ1n) is 8.08. The average Bonchev–Trinajstić information content (AvgIpc) is 3.15. The van der Waals surface area contributed by atoms with Crippen molar-refractivity contribution >= 4 is 27.9 Å². The van der Waals surface area contributed by atoms with Crippen molar-refractivity contribution in [2.24, 2.45) is 0 Å². The minimum Gasteiger partial charge on any atom is -0.291 e. The van der Waals surface area contributed by atoms with E-state index in [-0.39, 0.29) is 5.56 Å².